The van der Waals surface area contributed by atoms with E-state index in [9.17, 15) is 4.79 Å². The summed E-state index contributed by atoms with van der Waals surface area (Å²) in [4.78, 5) is 16.1. The Hall–Kier alpha value is -2.07. The molecule has 1 heterocycles. The predicted molar refractivity (Wildman–Crippen MR) is 69.7 cm³/mol. The second-order valence-electron chi connectivity index (χ2n) is 4.44. The molecule has 4 nitrogen and oxygen atoms in total. The van der Waals surface area contributed by atoms with E-state index < -0.39 is 5.97 Å². The van der Waals surface area contributed by atoms with Crippen molar-refractivity contribution in [2.75, 3.05) is 14.1 Å². The number of hydrogen-bond acceptors (Lipinski definition) is 2. The number of carboxylic acids is 1. The summed E-state index contributed by atoms with van der Waals surface area (Å²) in [6.07, 6.45) is 3.80. The molecule has 0 saturated heterocycles. The van der Waals surface area contributed by atoms with Crippen molar-refractivity contribution in [1.29, 1.82) is 0 Å². The molecule has 0 amide bonds. The van der Waals surface area contributed by atoms with E-state index in [2.05, 4.69) is 9.88 Å². The second kappa shape index (κ2) is 5.06. The molecule has 0 aliphatic heterocycles. The van der Waals surface area contributed by atoms with Crippen molar-refractivity contribution >= 4 is 5.97 Å². The van der Waals surface area contributed by atoms with Gasteiger partial charge in [-0.25, -0.2) is 4.79 Å². The lowest BCUT2D eigenvalue weighted by Crippen LogP contribution is -2.21. The Morgan fingerprint density at radius 2 is 2.06 bits per heavy atom. The van der Waals surface area contributed by atoms with Crippen LogP contribution in [0.3, 0.4) is 0 Å². The third kappa shape index (κ3) is 2.43. The Bertz CT molecular complexity index is 532. The van der Waals surface area contributed by atoms with E-state index in [0.29, 0.717) is 5.56 Å². The van der Waals surface area contributed by atoms with Crippen molar-refractivity contribution in [2.45, 2.75) is 6.04 Å². The molecule has 1 aromatic heterocycles. The van der Waals surface area contributed by atoms with Crippen LogP contribution in [0.25, 0.3) is 0 Å². The summed E-state index contributed by atoms with van der Waals surface area (Å²) in [6.45, 7) is 0. The standard InChI is InChI=1S/C14H16N2O2/c1-16(2)13(12-6-7-15-9-12)10-4-3-5-11(8-10)14(17)18/h3-9,13,15H,1-2H3,(H,17,18). The summed E-state index contributed by atoms with van der Waals surface area (Å²) in [6, 6.07) is 9.11. The van der Waals surface area contributed by atoms with Gasteiger partial charge in [0.1, 0.15) is 0 Å². The fourth-order valence-electron chi connectivity index (χ4n) is 2.14. The van der Waals surface area contributed by atoms with Crippen molar-refractivity contribution in [3.05, 3.63) is 59.4 Å². The Morgan fingerprint density at radius 3 is 2.61 bits per heavy atom. The largest absolute Gasteiger partial charge is 0.478 e. The number of carboxylic acid groups (broad SMARTS) is 1. The highest BCUT2D eigenvalue weighted by molar-refractivity contribution is 5.87. The minimum atomic E-state index is -0.900. The molecule has 0 fully saturated rings. The Balaban J connectivity index is 2.43. The lowest BCUT2D eigenvalue weighted by Gasteiger charge is -2.24. The second-order valence-corrected chi connectivity index (χ2v) is 4.44. The number of H-pyrrole nitrogens is 1. The van der Waals surface area contributed by atoms with E-state index in [1.165, 1.54) is 0 Å². The maximum absolute atomic E-state index is 11.0. The highest BCUT2D eigenvalue weighted by Crippen LogP contribution is 2.26. The number of aromatic nitrogens is 1. The molecule has 2 rings (SSSR count). The molecular formula is C14H16N2O2. The maximum atomic E-state index is 11.0. The summed E-state index contributed by atoms with van der Waals surface area (Å²) in [7, 11) is 3.95. The third-order valence-corrected chi connectivity index (χ3v) is 2.90. The van der Waals surface area contributed by atoms with Gasteiger partial charge in [0.2, 0.25) is 0 Å². The maximum Gasteiger partial charge on any atom is 0.335 e. The van der Waals surface area contributed by atoms with Gasteiger partial charge in [0.15, 0.2) is 0 Å². The van der Waals surface area contributed by atoms with Crippen molar-refractivity contribution in [3.8, 4) is 0 Å². The zero-order chi connectivity index (χ0) is 13.1. The average molecular weight is 244 g/mol. The molecule has 2 N–H and O–H groups in total. The normalized spacial score (nSPS) is 12.6. The first-order valence-electron chi connectivity index (χ1n) is 5.72. The molecule has 2 aromatic rings. The SMILES string of the molecule is CN(C)C(c1cc[nH]c1)c1cccc(C(=O)O)c1. The number of nitrogens with zero attached hydrogens (tertiary/aromatic N) is 1. The fraction of sp³-hybridized carbons (Fsp3) is 0.214. The molecule has 0 aliphatic carbocycles. The van der Waals surface area contributed by atoms with E-state index in [-0.39, 0.29) is 6.04 Å². The van der Waals surface area contributed by atoms with Gasteiger partial charge in [-0.1, -0.05) is 12.1 Å². The van der Waals surface area contributed by atoms with Crippen LogP contribution >= 0.6 is 0 Å². The number of aromatic carboxylic acids is 1. The van der Waals surface area contributed by atoms with E-state index >= 15 is 0 Å². The van der Waals surface area contributed by atoms with Crippen LogP contribution in [0.2, 0.25) is 0 Å². The van der Waals surface area contributed by atoms with Gasteiger partial charge >= 0.3 is 5.97 Å². The van der Waals surface area contributed by atoms with Crippen LogP contribution in [0, 0.1) is 0 Å². The van der Waals surface area contributed by atoms with Crippen molar-refractivity contribution < 1.29 is 9.90 Å². The Morgan fingerprint density at radius 1 is 1.28 bits per heavy atom. The molecule has 1 unspecified atom stereocenters. The van der Waals surface area contributed by atoms with Gasteiger partial charge in [0, 0.05) is 12.4 Å². The van der Waals surface area contributed by atoms with E-state index in [4.69, 9.17) is 5.11 Å². The molecule has 0 saturated carbocycles. The van der Waals surface area contributed by atoms with Gasteiger partial charge in [-0.3, -0.25) is 4.90 Å². The van der Waals surface area contributed by atoms with Crippen LogP contribution in [0.1, 0.15) is 27.5 Å². The molecule has 18 heavy (non-hydrogen) atoms. The highest BCUT2D eigenvalue weighted by atomic mass is 16.4. The first kappa shape index (κ1) is 12.4. The Labute approximate surface area is 106 Å². The summed E-state index contributed by atoms with van der Waals surface area (Å²) >= 11 is 0. The van der Waals surface area contributed by atoms with Crippen LogP contribution in [0.4, 0.5) is 0 Å². The number of rotatable bonds is 4. The lowest BCUT2D eigenvalue weighted by atomic mass is 9.98. The molecule has 0 aliphatic rings. The zero-order valence-electron chi connectivity index (χ0n) is 10.4. The molecule has 94 valence electrons. The quantitative estimate of drug-likeness (QED) is 0.868. The predicted octanol–water partition coefficient (Wildman–Crippen LogP) is 2.36. The summed E-state index contributed by atoms with van der Waals surface area (Å²) in [5.74, 6) is -0.900. The van der Waals surface area contributed by atoms with Crippen LogP contribution in [0.15, 0.2) is 42.7 Å². The molecule has 0 spiro atoms. The lowest BCUT2D eigenvalue weighted by molar-refractivity contribution is 0.0696. The van der Waals surface area contributed by atoms with Gasteiger partial charge in [-0.2, -0.15) is 0 Å². The summed E-state index contributed by atoms with van der Waals surface area (Å²) in [5, 5.41) is 9.04. The third-order valence-electron chi connectivity index (χ3n) is 2.90. The molecule has 1 atom stereocenters. The van der Waals surface area contributed by atoms with Crippen molar-refractivity contribution in [3.63, 3.8) is 0 Å². The van der Waals surface area contributed by atoms with Crippen molar-refractivity contribution in [2.24, 2.45) is 0 Å². The molecule has 4 heteroatoms. The minimum Gasteiger partial charge on any atom is -0.478 e. The van der Waals surface area contributed by atoms with Crippen LogP contribution in [0.5, 0.6) is 0 Å². The van der Waals surface area contributed by atoms with Crippen LogP contribution < -0.4 is 0 Å². The van der Waals surface area contributed by atoms with Gasteiger partial charge in [-0.05, 0) is 43.4 Å². The fourth-order valence-corrected chi connectivity index (χ4v) is 2.14. The highest BCUT2D eigenvalue weighted by Gasteiger charge is 2.18. The summed E-state index contributed by atoms with van der Waals surface area (Å²) < 4.78 is 0. The van der Waals surface area contributed by atoms with Crippen molar-refractivity contribution in [1.82, 2.24) is 9.88 Å². The van der Waals surface area contributed by atoms with Gasteiger partial charge < -0.3 is 10.1 Å². The molecule has 0 bridgehead atoms. The zero-order valence-corrected chi connectivity index (χ0v) is 10.4. The first-order valence-corrected chi connectivity index (χ1v) is 5.72. The van der Waals surface area contributed by atoms with E-state index in [1.807, 2.05) is 38.6 Å². The minimum absolute atomic E-state index is 0.0514. The number of aromatic amines is 1. The first-order chi connectivity index (χ1) is 8.59. The number of hydrogen-bond donors (Lipinski definition) is 2. The molecule has 0 radical (unpaired) electrons. The monoisotopic (exact) mass is 244 g/mol. The molecular weight excluding hydrogens is 228 g/mol. The van der Waals surface area contributed by atoms with E-state index in [1.54, 1.807) is 18.2 Å². The van der Waals surface area contributed by atoms with Gasteiger partial charge in [0.25, 0.3) is 0 Å². The Kier molecular flexibility index (Phi) is 3.48. The molecule has 1 aromatic carbocycles. The topological polar surface area (TPSA) is 56.3 Å². The van der Waals surface area contributed by atoms with E-state index in [0.717, 1.165) is 11.1 Å². The van der Waals surface area contributed by atoms with Gasteiger partial charge in [-0.15, -0.1) is 0 Å². The smallest absolute Gasteiger partial charge is 0.335 e. The number of carbonyl (C=O) groups is 1. The average Bonchev–Trinajstić information content (AvgIpc) is 2.82. The van der Waals surface area contributed by atoms with Crippen LogP contribution in [-0.2, 0) is 0 Å². The summed E-state index contributed by atoms with van der Waals surface area (Å²) in [5.41, 5.74) is 2.40. The number of benzene rings is 1. The number of nitrogens with one attached hydrogen (secondary N) is 1. The van der Waals surface area contributed by atoms with Gasteiger partial charge in [0.05, 0.1) is 11.6 Å². The van der Waals surface area contributed by atoms with Crippen LogP contribution in [-0.4, -0.2) is 35.1 Å².